The van der Waals surface area contributed by atoms with Crippen molar-refractivity contribution in [3.63, 3.8) is 0 Å². The maximum absolute atomic E-state index is 9.76. The van der Waals surface area contributed by atoms with Crippen LogP contribution < -0.4 is 4.90 Å². The number of rotatable bonds is 6. The van der Waals surface area contributed by atoms with Crippen molar-refractivity contribution in [2.45, 2.75) is 25.9 Å². The predicted molar refractivity (Wildman–Crippen MR) is 74.5 cm³/mol. The second-order valence-electron chi connectivity index (χ2n) is 4.41. The highest BCUT2D eigenvalue weighted by Gasteiger charge is 2.12. The van der Waals surface area contributed by atoms with Gasteiger partial charge in [-0.15, -0.1) is 6.58 Å². The molecule has 3 nitrogen and oxygen atoms in total. The lowest BCUT2D eigenvalue weighted by Gasteiger charge is -2.23. The number of aliphatic hydroxyl groups excluding tert-OH is 1. The van der Waals surface area contributed by atoms with E-state index in [9.17, 15) is 5.11 Å². The summed E-state index contributed by atoms with van der Waals surface area (Å²) in [6.07, 6.45) is 3.34. The first-order valence-electron chi connectivity index (χ1n) is 6.14. The Morgan fingerprint density at radius 1 is 1.56 bits per heavy atom. The van der Waals surface area contributed by atoms with Crippen LogP contribution in [0, 0.1) is 11.3 Å². The van der Waals surface area contributed by atoms with Crippen molar-refractivity contribution < 1.29 is 5.11 Å². The molecule has 1 aromatic carbocycles. The Bertz CT molecular complexity index is 446. The van der Waals surface area contributed by atoms with E-state index in [1.165, 1.54) is 0 Å². The molecule has 0 aliphatic carbocycles. The Hall–Kier alpha value is -1.79. The standard InChI is InChI=1S/C15H20N2O/c1-4-5-6-9-17(3)15-10-13(11-16)7-8-14(15)12(2)18/h4,7-8,10,12,18H,1,5-6,9H2,2-3H3/t12-/m0/s1. The summed E-state index contributed by atoms with van der Waals surface area (Å²) >= 11 is 0. The lowest BCUT2D eigenvalue weighted by atomic mass is 10.0. The van der Waals surface area contributed by atoms with E-state index in [2.05, 4.69) is 17.5 Å². The van der Waals surface area contributed by atoms with Crippen LogP contribution in [0.1, 0.15) is 37.0 Å². The van der Waals surface area contributed by atoms with Gasteiger partial charge in [0.1, 0.15) is 0 Å². The smallest absolute Gasteiger partial charge is 0.0992 e. The predicted octanol–water partition coefficient (Wildman–Crippen LogP) is 3.01. The number of hydrogen-bond acceptors (Lipinski definition) is 3. The molecule has 1 atom stereocenters. The van der Waals surface area contributed by atoms with Crippen LogP contribution in [-0.4, -0.2) is 18.7 Å². The first-order valence-corrected chi connectivity index (χ1v) is 6.14. The molecule has 0 radical (unpaired) electrons. The Balaban J connectivity index is 2.96. The van der Waals surface area contributed by atoms with Crippen molar-refractivity contribution in [3.05, 3.63) is 42.0 Å². The Labute approximate surface area is 109 Å². The molecule has 0 unspecified atom stereocenters. The zero-order valence-electron chi connectivity index (χ0n) is 11.1. The number of aliphatic hydroxyl groups is 1. The maximum atomic E-state index is 9.76. The van der Waals surface area contributed by atoms with Gasteiger partial charge in [0.15, 0.2) is 0 Å². The molecule has 0 aliphatic heterocycles. The quantitative estimate of drug-likeness (QED) is 0.618. The molecule has 0 amide bonds. The van der Waals surface area contributed by atoms with E-state index in [1.807, 2.05) is 25.3 Å². The molecule has 3 heteroatoms. The molecular weight excluding hydrogens is 224 g/mol. The van der Waals surface area contributed by atoms with Gasteiger partial charge in [-0.3, -0.25) is 0 Å². The van der Waals surface area contributed by atoms with E-state index in [1.54, 1.807) is 13.0 Å². The minimum Gasteiger partial charge on any atom is -0.389 e. The van der Waals surface area contributed by atoms with Crippen molar-refractivity contribution in [3.8, 4) is 6.07 Å². The fraction of sp³-hybridized carbons (Fsp3) is 0.400. The van der Waals surface area contributed by atoms with E-state index in [-0.39, 0.29) is 0 Å². The summed E-state index contributed by atoms with van der Waals surface area (Å²) in [5, 5.41) is 18.7. The second kappa shape index (κ2) is 6.83. The van der Waals surface area contributed by atoms with E-state index in [0.29, 0.717) is 5.56 Å². The average Bonchev–Trinajstić information content (AvgIpc) is 2.38. The molecule has 1 aromatic rings. The molecule has 0 aliphatic rings. The molecular formula is C15H20N2O. The van der Waals surface area contributed by atoms with Crippen LogP contribution in [0.5, 0.6) is 0 Å². The van der Waals surface area contributed by atoms with Gasteiger partial charge in [-0.05, 0) is 31.9 Å². The average molecular weight is 244 g/mol. The third-order valence-electron chi connectivity index (χ3n) is 2.92. The number of anilines is 1. The van der Waals surface area contributed by atoms with Crippen LogP contribution in [-0.2, 0) is 0 Å². The Kier molecular flexibility index (Phi) is 5.41. The number of allylic oxidation sites excluding steroid dienone is 1. The zero-order chi connectivity index (χ0) is 13.5. The molecule has 0 aromatic heterocycles. The number of nitrogens with zero attached hydrogens (tertiary/aromatic N) is 2. The monoisotopic (exact) mass is 244 g/mol. The highest BCUT2D eigenvalue weighted by atomic mass is 16.3. The fourth-order valence-electron chi connectivity index (χ4n) is 1.89. The third kappa shape index (κ3) is 3.61. The highest BCUT2D eigenvalue weighted by Crippen LogP contribution is 2.27. The van der Waals surface area contributed by atoms with E-state index in [4.69, 9.17) is 5.26 Å². The molecule has 0 saturated heterocycles. The topological polar surface area (TPSA) is 47.3 Å². The lowest BCUT2D eigenvalue weighted by molar-refractivity contribution is 0.199. The number of unbranched alkanes of at least 4 members (excludes halogenated alkanes) is 1. The second-order valence-corrected chi connectivity index (χ2v) is 4.41. The van der Waals surface area contributed by atoms with Gasteiger partial charge >= 0.3 is 0 Å². The Morgan fingerprint density at radius 2 is 2.28 bits per heavy atom. The van der Waals surface area contributed by atoms with E-state index < -0.39 is 6.10 Å². The molecule has 0 saturated carbocycles. The van der Waals surface area contributed by atoms with Gasteiger partial charge in [-0.25, -0.2) is 0 Å². The molecule has 96 valence electrons. The summed E-state index contributed by atoms with van der Waals surface area (Å²) < 4.78 is 0. The van der Waals surface area contributed by atoms with Gasteiger partial charge in [0.25, 0.3) is 0 Å². The van der Waals surface area contributed by atoms with Gasteiger partial charge in [-0.1, -0.05) is 12.1 Å². The third-order valence-corrected chi connectivity index (χ3v) is 2.92. The van der Waals surface area contributed by atoms with Crippen molar-refractivity contribution in [2.75, 3.05) is 18.5 Å². The Morgan fingerprint density at radius 3 is 2.83 bits per heavy atom. The molecule has 0 heterocycles. The van der Waals surface area contributed by atoms with Crippen LogP contribution in [0.3, 0.4) is 0 Å². The molecule has 1 N–H and O–H groups in total. The number of benzene rings is 1. The summed E-state index contributed by atoms with van der Waals surface area (Å²) in [6.45, 7) is 6.32. The van der Waals surface area contributed by atoms with Gasteiger partial charge in [-0.2, -0.15) is 5.26 Å². The van der Waals surface area contributed by atoms with Gasteiger partial charge in [0.2, 0.25) is 0 Å². The van der Waals surface area contributed by atoms with Crippen molar-refractivity contribution in [2.24, 2.45) is 0 Å². The van der Waals surface area contributed by atoms with Crippen LogP contribution in [0.2, 0.25) is 0 Å². The van der Waals surface area contributed by atoms with Crippen molar-refractivity contribution in [1.82, 2.24) is 0 Å². The number of nitriles is 1. The van der Waals surface area contributed by atoms with Crippen LogP contribution in [0.4, 0.5) is 5.69 Å². The fourth-order valence-corrected chi connectivity index (χ4v) is 1.89. The minimum atomic E-state index is -0.533. The zero-order valence-corrected chi connectivity index (χ0v) is 11.1. The molecule has 1 rings (SSSR count). The first-order chi connectivity index (χ1) is 8.60. The SMILES string of the molecule is C=CCCCN(C)c1cc(C#N)ccc1[C@H](C)O. The summed E-state index contributed by atoms with van der Waals surface area (Å²) in [5.41, 5.74) is 2.40. The number of hydrogen-bond donors (Lipinski definition) is 1. The first kappa shape index (κ1) is 14.3. The molecule has 0 fully saturated rings. The van der Waals surface area contributed by atoms with E-state index >= 15 is 0 Å². The van der Waals surface area contributed by atoms with E-state index in [0.717, 1.165) is 30.6 Å². The van der Waals surface area contributed by atoms with Gasteiger partial charge in [0.05, 0.1) is 17.7 Å². The maximum Gasteiger partial charge on any atom is 0.0992 e. The minimum absolute atomic E-state index is 0.533. The summed E-state index contributed by atoms with van der Waals surface area (Å²) in [6, 6.07) is 7.52. The van der Waals surface area contributed by atoms with Crippen LogP contribution in [0.25, 0.3) is 0 Å². The van der Waals surface area contributed by atoms with Crippen molar-refractivity contribution in [1.29, 1.82) is 5.26 Å². The van der Waals surface area contributed by atoms with Gasteiger partial charge in [0, 0.05) is 24.8 Å². The molecule has 0 bridgehead atoms. The summed E-state index contributed by atoms with van der Waals surface area (Å²) in [4.78, 5) is 2.08. The highest BCUT2D eigenvalue weighted by molar-refractivity contribution is 5.58. The molecule has 18 heavy (non-hydrogen) atoms. The normalized spacial score (nSPS) is 11.7. The van der Waals surface area contributed by atoms with Crippen molar-refractivity contribution >= 4 is 5.69 Å². The summed E-state index contributed by atoms with van der Waals surface area (Å²) in [5.74, 6) is 0. The largest absolute Gasteiger partial charge is 0.389 e. The van der Waals surface area contributed by atoms with Gasteiger partial charge < -0.3 is 10.0 Å². The summed E-state index contributed by atoms with van der Waals surface area (Å²) in [7, 11) is 1.98. The van der Waals surface area contributed by atoms with Crippen LogP contribution in [0.15, 0.2) is 30.9 Å². The van der Waals surface area contributed by atoms with Crippen LogP contribution >= 0.6 is 0 Å². The molecule has 0 spiro atoms. The lowest BCUT2D eigenvalue weighted by Crippen LogP contribution is -2.20.